The molecule has 0 spiro atoms. The number of rotatable bonds is 14. The Labute approximate surface area is 313 Å². The zero-order valence-electron chi connectivity index (χ0n) is 29.7. The molecule has 15 heteroatoms. The van der Waals surface area contributed by atoms with Crippen molar-refractivity contribution in [3.05, 3.63) is 101 Å². The SMILES string of the molecule is CCOC(=O)C1=C(C)N=c2s/c(=C\c3cc(Cl)c(OCc4ccc5c(c4)OCO5)c(OCC)c3)c(=O)n2[C@H]1c1ccc(OCC(=O)OC)c(OCC)c1. The molecule has 2 aliphatic heterocycles. The summed E-state index contributed by atoms with van der Waals surface area (Å²) in [5.41, 5.74) is 2.17. The van der Waals surface area contributed by atoms with Gasteiger partial charge < -0.3 is 37.9 Å². The molecule has 278 valence electrons. The third kappa shape index (κ3) is 7.98. The lowest BCUT2D eigenvalue weighted by atomic mass is 9.95. The number of allylic oxidation sites excluding steroid dienone is 1. The fraction of sp³-hybridized carbons (Fsp3) is 0.316. The number of thiazole rings is 1. The third-order valence-electron chi connectivity index (χ3n) is 8.12. The van der Waals surface area contributed by atoms with E-state index in [1.165, 1.54) is 11.7 Å². The van der Waals surface area contributed by atoms with E-state index in [2.05, 4.69) is 4.99 Å². The number of esters is 2. The van der Waals surface area contributed by atoms with Gasteiger partial charge in [-0.15, -0.1) is 0 Å². The largest absolute Gasteiger partial charge is 0.490 e. The van der Waals surface area contributed by atoms with Crippen molar-refractivity contribution in [1.82, 2.24) is 4.57 Å². The molecule has 1 atom stereocenters. The van der Waals surface area contributed by atoms with E-state index in [-0.39, 0.29) is 49.6 Å². The highest BCUT2D eigenvalue weighted by molar-refractivity contribution is 7.07. The van der Waals surface area contributed by atoms with Gasteiger partial charge in [-0.3, -0.25) is 9.36 Å². The molecule has 1 aromatic heterocycles. The van der Waals surface area contributed by atoms with Crippen LogP contribution < -0.4 is 43.3 Å². The summed E-state index contributed by atoms with van der Waals surface area (Å²) in [6, 6.07) is 13.0. The zero-order chi connectivity index (χ0) is 37.6. The monoisotopic (exact) mass is 764 g/mol. The summed E-state index contributed by atoms with van der Waals surface area (Å²) in [6.07, 6.45) is 1.69. The molecule has 3 aromatic carbocycles. The van der Waals surface area contributed by atoms with E-state index in [1.807, 2.05) is 25.1 Å². The lowest BCUT2D eigenvalue weighted by Crippen LogP contribution is -2.40. The first-order chi connectivity index (χ1) is 25.6. The van der Waals surface area contributed by atoms with Gasteiger partial charge >= 0.3 is 11.9 Å². The highest BCUT2D eigenvalue weighted by atomic mass is 35.5. The summed E-state index contributed by atoms with van der Waals surface area (Å²) in [5.74, 6) is 1.49. The number of benzene rings is 3. The Bertz CT molecular complexity index is 2260. The van der Waals surface area contributed by atoms with Crippen LogP contribution in [0.1, 0.15) is 50.4 Å². The average Bonchev–Trinajstić information content (AvgIpc) is 3.73. The Morgan fingerprint density at radius 2 is 1.72 bits per heavy atom. The topological polar surface area (TPSA) is 142 Å². The molecule has 53 heavy (non-hydrogen) atoms. The Hall–Kier alpha value is -5.47. The van der Waals surface area contributed by atoms with Gasteiger partial charge in [0.05, 0.1) is 53.8 Å². The van der Waals surface area contributed by atoms with Gasteiger partial charge in [-0.1, -0.05) is 35.1 Å². The third-order valence-corrected chi connectivity index (χ3v) is 9.39. The Balaban J connectivity index is 1.39. The predicted octanol–water partition coefficient (Wildman–Crippen LogP) is 5.11. The minimum Gasteiger partial charge on any atom is -0.490 e. The van der Waals surface area contributed by atoms with E-state index in [4.69, 9.17) is 49.5 Å². The van der Waals surface area contributed by atoms with Crippen LogP contribution >= 0.6 is 22.9 Å². The second-order valence-corrected chi connectivity index (χ2v) is 13.0. The van der Waals surface area contributed by atoms with Crippen LogP contribution in [0.25, 0.3) is 6.08 Å². The van der Waals surface area contributed by atoms with Crippen LogP contribution in [0.5, 0.6) is 34.5 Å². The summed E-state index contributed by atoms with van der Waals surface area (Å²) in [4.78, 5) is 44.6. The number of fused-ring (bicyclic) bond motifs is 2. The number of halogens is 1. The van der Waals surface area contributed by atoms with Gasteiger partial charge in [0.2, 0.25) is 6.79 Å². The molecule has 0 aliphatic carbocycles. The summed E-state index contributed by atoms with van der Waals surface area (Å²) < 4.78 is 46.3. The van der Waals surface area contributed by atoms with E-state index >= 15 is 0 Å². The van der Waals surface area contributed by atoms with Crippen LogP contribution in [-0.2, 0) is 25.7 Å². The smallest absolute Gasteiger partial charge is 0.343 e. The first-order valence-corrected chi connectivity index (χ1v) is 18.0. The molecule has 0 saturated heterocycles. The normalized spacial score (nSPS) is 14.7. The number of hydrogen-bond acceptors (Lipinski definition) is 13. The minimum atomic E-state index is -0.921. The number of nitrogens with zero attached hydrogens (tertiary/aromatic N) is 2. The molecule has 4 aromatic rings. The first kappa shape index (κ1) is 37.3. The van der Waals surface area contributed by atoms with Crippen LogP contribution in [0.3, 0.4) is 0 Å². The number of aromatic nitrogens is 1. The van der Waals surface area contributed by atoms with Gasteiger partial charge in [0, 0.05) is 0 Å². The predicted molar refractivity (Wildman–Crippen MR) is 195 cm³/mol. The van der Waals surface area contributed by atoms with E-state index in [0.29, 0.717) is 61.5 Å². The van der Waals surface area contributed by atoms with Crippen LogP contribution in [0, 0.1) is 0 Å². The van der Waals surface area contributed by atoms with Crippen molar-refractivity contribution in [2.45, 2.75) is 40.3 Å². The Kier molecular flexibility index (Phi) is 11.6. The Morgan fingerprint density at radius 1 is 0.943 bits per heavy atom. The Morgan fingerprint density at radius 3 is 2.47 bits per heavy atom. The number of carbonyl (C=O) groups is 2. The lowest BCUT2D eigenvalue weighted by Gasteiger charge is -2.25. The van der Waals surface area contributed by atoms with Crippen LogP contribution in [0.15, 0.2) is 69.6 Å². The molecule has 13 nitrogen and oxygen atoms in total. The highest BCUT2D eigenvalue weighted by Crippen LogP contribution is 2.39. The summed E-state index contributed by atoms with van der Waals surface area (Å²) in [5, 5.41) is 0.284. The van der Waals surface area contributed by atoms with E-state index in [0.717, 1.165) is 16.9 Å². The molecule has 2 aliphatic rings. The van der Waals surface area contributed by atoms with Crippen molar-refractivity contribution in [3.8, 4) is 34.5 Å². The molecule has 0 radical (unpaired) electrons. The van der Waals surface area contributed by atoms with Gasteiger partial charge in [0.15, 0.2) is 45.9 Å². The van der Waals surface area contributed by atoms with Crippen molar-refractivity contribution in [3.63, 3.8) is 0 Å². The molecule has 0 unspecified atom stereocenters. The van der Waals surface area contributed by atoms with Gasteiger partial charge in [0.25, 0.3) is 5.56 Å². The second kappa shape index (κ2) is 16.5. The number of ether oxygens (including phenoxy) is 8. The maximum Gasteiger partial charge on any atom is 0.343 e. The quantitative estimate of drug-likeness (QED) is 0.158. The summed E-state index contributed by atoms with van der Waals surface area (Å²) >= 11 is 7.93. The first-order valence-electron chi connectivity index (χ1n) is 16.8. The number of methoxy groups -OCH3 is 1. The second-order valence-electron chi connectivity index (χ2n) is 11.5. The molecule has 0 amide bonds. The maximum absolute atomic E-state index is 14.3. The van der Waals surface area contributed by atoms with Crippen molar-refractivity contribution in [2.75, 3.05) is 40.3 Å². The fourth-order valence-electron chi connectivity index (χ4n) is 5.80. The van der Waals surface area contributed by atoms with Crippen molar-refractivity contribution < 1.29 is 47.5 Å². The minimum absolute atomic E-state index is 0.122. The highest BCUT2D eigenvalue weighted by Gasteiger charge is 2.34. The van der Waals surface area contributed by atoms with Crippen molar-refractivity contribution in [2.24, 2.45) is 4.99 Å². The van der Waals surface area contributed by atoms with Gasteiger partial charge in [-0.2, -0.15) is 0 Å². The van der Waals surface area contributed by atoms with Gasteiger partial charge in [0.1, 0.15) is 6.61 Å². The van der Waals surface area contributed by atoms with Crippen LogP contribution in [0.4, 0.5) is 0 Å². The average molecular weight is 765 g/mol. The summed E-state index contributed by atoms with van der Waals surface area (Å²) in [6.45, 7) is 7.83. The molecular formula is C38H37ClN2O11S. The molecule has 6 rings (SSSR count). The van der Waals surface area contributed by atoms with E-state index < -0.39 is 23.5 Å². The van der Waals surface area contributed by atoms with Gasteiger partial charge in [-0.05, 0) is 86.9 Å². The molecule has 0 fully saturated rings. The van der Waals surface area contributed by atoms with Crippen LogP contribution in [-0.4, -0.2) is 56.8 Å². The standard InChI is InChI=1S/C38H37ClN2O11S/c1-6-46-29-17-24(10-12-26(29)49-19-32(42)45-5)34-33(37(44)48-8-3)21(4)40-38-41(34)36(43)31(53-38)16-23-13-25(39)35(30(15-23)47-7-2)50-18-22-9-11-27-28(14-22)52-20-51-27/h9-17,34H,6-8,18-20H2,1-5H3/b31-16-/t34-/m0/s1. The molecule has 3 heterocycles. The lowest BCUT2D eigenvalue weighted by molar-refractivity contribution is -0.143. The maximum atomic E-state index is 14.3. The van der Waals surface area contributed by atoms with Crippen LogP contribution in [0.2, 0.25) is 5.02 Å². The summed E-state index contributed by atoms with van der Waals surface area (Å²) in [7, 11) is 1.26. The zero-order valence-corrected chi connectivity index (χ0v) is 31.3. The van der Waals surface area contributed by atoms with E-state index in [9.17, 15) is 14.4 Å². The molecular weight excluding hydrogens is 728 g/mol. The fourth-order valence-corrected chi connectivity index (χ4v) is 7.12. The van der Waals surface area contributed by atoms with Crippen molar-refractivity contribution in [1.29, 1.82) is 0 Å². The molecule has 0 bridgehead atoms. The number of hydrogen-bond donors (Lipinski definition) is 0. The van der Waals surface area contributed by atoms with E-state index in [1.54, 1.807) is 57.2 Å². The molecule has 0 saturated carbocycles. The van der Waals surface area contributed by atoms with Gasteiger partial charge in [-0.25, -0.2) is 14.6 Å². The van der Waals surface area contributed by atoms with Crippen molar-refractivity contribution >= 4 is 41.0 Å². The number of carbonyl (C=O) groups excluding carboxylic acids is 2. The molecule has 0 N–H and O–H groups in total.